The molecular weight excluding hydrogens is 439 g/mol. The Bertz CT molecular complexity index is 1170. The molecule has 0 unspecified atom stereocenters. The Balaban J connectivity index is 0.00000240. The summed E-state index contributed by atoms with van der Waals surface area (Å²) < 4.78 is 21.8. The molecule has 2 N–H and O–H groups in total. The minimum absolute atomic E-state index is 0. The van der Waals surface area contributed by atoms with E-state index in [0.717, 1.165) is 30.6 Å². The van der Waals surface area contributed by atoms with Crippen molar-refractivity contribution in [1.82, 2.24) is 14.0 Å². The zero-order valence-electron chi connectivity index (χ0n) is 16.0. The van der Waals surface area contributed by atoms with Gasteiger partial charge in [-0.2, -0.15) is 4.98 Å². The first-order valence-electron chi connectivity index (χ1n) is 9.28. The molecule has 3 aromatic heterocycles. The summed E-state index contributed by atoms with van der Waals surface area (Å²) in [4.78, 5) is 17.4. The molecule has 0 fully saturated rings. The van der Waals surface area contributed by atoms with Crippen LogP contribution in [-0.4, -0.2) is 27.6 Å². The van der Waals surface area contributed by atoms with E-state index >= 15 is 0 Å². The van der Waals surface area contributed by atoms with Gasteiger partial charge in [0, 0.05) is 30.8 Å². The first-order valence-corrected chi connectivity index (χ1v) is 9.28. The van der Waals surface area contributed by atoms with E-state index in [2.05, 4.69) is 10.3 Å². The monoisotopic (exact) mass is 460 g/mol. The number of ether oxygens (including phenoxy) is 1. The van der Waals surface area contributed by atoms with Crippen molar-refractivity contribution in [1.29, 1.82) is 0 Å². The van der Waals surface area contributed by atoms with Crippen LogP contribution in [0.5, 0.6) is 5.88 Å². The van der Waals surface area contributed by atoms with Crippen molar-refractivity contribution in [2.24, 2.45) is 0 Å². The van der Waals surface area contributed by atoms with E-state index in [1.165, 1.54) is 12.1 Å². The molecule has 0 spiro atoms. The highest BCUT2D eigenvalue weighted by Gasteiger charge is 2.12. The molecule has 152 valence electrons. The number of hydrogen-bond acceptors (Lipinski definition) is 3. The third-order valence-corrected chi connectivity index (χ3v) is 4.85. The summed E-state index contributed by atoms with van der Waals surface area (Å²) in [5, 5.41) is 2.16. The van der Waals surface area contributed by atoms with Crippen LogP contribution in [0.1, 0.15) is 12.0 Å². The van der Waals surface area contributed by atoms with Crippen LogP contribution in [0.25, 0.3) is 16.7 Å². The summed E-state index contributed by atoms with van der Waals surface area (Å²) in [6, 6.07) is 13.8. The number of quaternary nitrogens is 1. The molecule has 4 rings (SSSR count). The largest absolute Gasteiger partial charge is 1.00 e. The number of rotatable bonds is 7. The van der Waals surface area contributed by atoms with Crippen LogP contribution < -0.4 is 32.6 Å². The second kappa shape index (κ2) is 9.19. The molecule has 0 aliphatic heterocycles. The van der Waals surface area contributed by atoms with Gasteiger partial charge in [0.05, 0.1) is 19.2 Å². The van der Waals surface area contributed by atoms with Crippen LogP contribution in [0.4, 0.5) is 4.39 Å². The SMILES string of the molecule is COc1ccc2c(n1)n1cccc1c(=O)n2CCC[NH2+]Cc1ccc(F)cc1.[Br-]. The zero-order valence-corrected chi connectivity index (χ0v) is 17.6. The summed E-state index contributed by atoms with van der Waals surface area (Å²) >= 11 is 0. The Morgan fingerprint density at radius 1 is 1.10 bits per heavy atom. The second-order valence-electron chi connectivity index (χ2n) is 6.68. The molecule has 1 aromatic carbocycles. The molecule has 0 saturated heterocycles. The Morgan fingerprint density at radius 3 is 2.66 bits per heavy atom. The lowest BCUT2D eigenvalue weighted by Gasteiger charge is -2.12. The lowest BCUT2D eigenvalue weighted by Crippen LogP contribution is -3.00. The van der Waals surface area contributed by atoms with E-state index in [4.69, 9.17) is 4.74 Å². The fourth-order valence-corrected chi connectivity index (χ4v) is 3.42. The highest BCUT2D eigenvalue weighted by Crippen LogP contribution is 2.17. The summed E-state index contributed by atoms with van der Waals surface area (Å²) in [6.07, 6.45) is 2.67. The van der Waals surface area contributed by atoms with Crippen molar-refractivity contribution in [2.75, 3.05) is 13.7 Å². The minimum Gasteiger partial charge on any atom is -1.00 e. The molecule has 6 nitrogen and oxygen atoms in total. The number of nitrogens with two attached hydrogens (primary N) is 1. The maximum atomic E-state index is 13.0. The number of benzene rings is 1. The molecule has 0 atom stereocenters. The van der Waals surface area contributed by atoms with Gasteiger partial charge in [-0.15, -0.1) is 0 Å². The van der Waals surface area contributed by atoms with Gasteiger partial charge in [-0.05, 0) is 30.3 Å². The average Bonchev–Trinajstić information content (AvgIpc) is 3.21. The Kier molecular flexibility index (Phi) is 6.66. The van der Waals surface area contributed by atoms with E-state index in [1.54, 1.807) is 40.3 Å². The summed E-state index contributed by atoms with van der Waals surface area (Å²) in [5.74, 6) is 0.293. The maximum Gasteiger partial charge on any atom is 0.275 e. The topological polar surface area (TPSA) is 65.1 Å². The van der Waals surface area contributed by atoms with Crippen LogP contribution in [-0.2, 0) is 13.1 Å². The van der Waals surface area contributed by atoms with Gasteiger partial charge < -0.3 is 31.6 Å². The lowest BCUT2D eigenvalue weighted by atomic mass is 10.2. The van der Waals surface area contributed by atoms with Crippen molar-refractivity contribution in [3.05, 3.63) is 76.5 Å². The maximum absolute atomic E-state index is 13.0. The number of fused-ring (bicyclic) bond motifs is 3. The van der Waals surface area contributed by atoms with Crippen molar-refractivity contribution < 1.29 is 31.4 Å². The summed E-state index contributed by atoms with van der Waals surface area (Å²) in [5.41, 5.74) is 3.14. The van der Waals surface area contributed by atoms with Crippen LogP contribution in [0.15, 0.2) is 59.5 Å². The molecule has 0 radical (unpaired) electrons. The molecular formula is C21H22BrFN4O2. The molecule has 0 aliphatic carbocycles. The molecule has 0 saturated carbocycles. The molecule has 0 aliphatic rings. The average molecular weight is 461 g/mol. The number of methoxy groups -OCH3 is 1. The van der Waals surface area contributed by atoms with Gasteiger partial charge in [0.2, 0.25) is 5.88 Å². The molecule has 8 heteroatoms. The third-order valence-electron chi connectivity index (χ3n) is 4.85. The predicted molar refractivity (Wildman–Crippen MR) is 105 cm³/mol. The molecule has 0 amide bonds. The number of hydrogen-bond donors (Lipinski definition) is 1. The minimum atomic E-state index is -0.221. The molecule has 29 heavy (non-hydrogen) atoms. The quantitative estimate of drug-likeness (QED) is 0.358. The van der Waals surface area contributed by atoms with E-state index in [-0.39, 0.29) is 28.4 Å². The zero-order chi connectivity index (χ0) is 19.5. The summed E-state index contributed by atoms with van der Waals surface area (Å²) in [6.45, 7) is 2.25. The first kappa shape index (κ1) is 21.0. The standard InChI is InChI=1S/C21H21FN4O2.BrH/c1-28-19-10-9-17-20(24-19)25-12-2-4-18(25)21(27)26(17)13-3-11-23-14-15-5-7-16(22)8-6-15;/h2,4-10,12,23H,3,11,13-14H2,1H3;1H. The van der Waals surface area contributed by atoms with Crippen molar-refractivity contribution >= 4 is 16.7 Å². The number of aromatic nitrogens is 3. The number of pyridine rings is 1. The van der Waals surface area contributed by atoms with Crippen LogP contribution in [0, 0.1) is 5.82 Å². The molecule has 0 bridgehead atoms. The van der Waals surface area contributed by atoms with Crippen molar-refractivity contribution in [2.45, 2.75) is 19.5 Å². The van der Waals surface area contributed by atoms with Gasteiger partial charge >= 0.3 is 0 Å². The first-order chi connectivity index (χ1) is 13.7. The van der Waals surface area contributed by atoms with E-state index < -0.39 is 0 Å². The van der Waals surface area contributed by atoms with Gasteiger partial charge in [-0.25, -0.2) is 4.39 Å². The highest BCUT2D eigenvalue weighted by molar-refractivity contribution is 5.75. The van der Waals surface area contributed by atoms with Gasteiger partial charge in [-0.1, -0.05) is 12.1 Å². The predicted octanol–water partition coefficient (Wildman–Crippen LogP) is -1.05. The van der Waals surface area contributed by atoms with Gasteiger partial charge in [0.1, 0.15) is 17.9 Å². The van der Waals surface area contributed by atoms with Crippen LogP contribution in [0.2, 0.25) is 0 Å². The lowest BCUT2D eigenvalue weighted by molar-refractivity contribution is -0.671. The van der Waals surface area contributed by atoms with E-state index in [0.29, 0.717) is 23.6 Å². The highest BCUT2D eigenvalue weighted by atomic mass is 79.9. The normalized spacial score (nSPS) is 11.0. The molecule has 3 heterocycles. The number of halogens is 2. The van der Waals surface area contributed by atoms with Gasteiger partial charge in [0.25, 0.3) is 5.56 Å². The molecule has 4 aromatic rings. The number of nitrogens with zero attached hydrogens (tertiary/aromatic N) is 3. The smallest absolute Gasteiger partial charge is 0.275 e. The van der Waals surface area contributed by atoms with Crippen molar-refractivity contribution in [3.8, 4) is 5.88 Å². The summed E-state index contributed by atoms with van der Waals surface area (Å²) in [7, 11) is 1.58. The Hall–Kier alpha value is -2.71. The van der Waals surface area contributed by atoms with Crippen LogP contribution in [0.3, 0.4) is 0 Å². The fraction of sp³-hybridized carbons (Fsp3) is 0.238. The van der Waals surface area contributed by atoms with Crippen molar-refractivity contribution in [3.63, 3.8) is 0 Å². The van der Waals surface area contributed by atoms with Gasteiger partial charge in [0.15, 0.2) is 5.65 Å². The third kappa shape index (κ3) is 4.33. The Labute approximate surface area is 177 Å². The van der Waals surface area contributed by atoms with Crippen LogP contribution >= 0.6 is 0 Å². The van der Waals surface area contributed by atoms with Gasteiger partial charge in [-0.3, -0.25) is 9.20 Å². The van der Waals surface area contributed by atoms with E-state index in [9.17, 15) is 9.18 Å². The second-order valence-corrected chi connectivity index (χ2v) is 6.68. The number of aryl methyl sites for hydroxylation is 1. The Morgan fingerprint density at radius 2 is 1.90 bits per heavy atom. The fourth-order valence-electron chi connectivity index (χ4n) is 3.42. The van der Waals surface area contributed by atoms with E-state index in [1.807, 2.05) is 18.3 Å².